The first-order valence-electron chi connectivity index (χ1n) is 8.67. The molecule has 2 aromatic rings. The van der Waals surface area contributed by atoms with Crippen molar-refractivity contribution in [1.82, 2.24) is 9.88 Å². The molecule has 0 radical (unpaired) electrons. The lowest BCUT2D eigenvalue weighted by molar-refractivity contribution is -0.130. The van der Waals surface area contributed by atoms with E-state index in [4.69, 9.17) is 9.47 Å². The van der Waals surface area contributed by atoms with E-state index < -0.39 is 0 Å². The van der Waals surface area contributed by atoms with Gasteiger partial charge in [-0.05, 0) is 18.6 Å². The number of ether oxygens (including phenoxy) is 2. The maximum absolute atomic E-state index is 12.6. The van der Waals surface area contributed by atoms with Crippen LogP contribution in [0.5, 0.6) is 0 Å². The molecule has 0 unspecified atom stereocenters. The number of nitrogens with zero attached hydrogens (tertiary/aromatic N) is 1. The van der Waals surface area contributed by atoms with Gasteiger partial charge < -0.3 is 19.4 Å². The third kappa shape index (κ3) is 2.85. The van der Waals surface area contributed by atoms with Gasteiger partial charge in [0.15, 0.2) is 5.43 Å². The van der Waals surface area contributed by atoms with E-state index in [2.05, 4.69) is 5.32 Å². The Morgan fingerprint density at radius 2 is 2.20 bits per heavy atom. The van der Waals surface area contributed by atoms with Crippen molar-refractivity contribution < 1.29 is 14.3 Å². The summed E-state index contributed by atoms with van der Waals surface area (Å²) in [5.41, 5.74) is 0.742. The summed E-state index contributed by atoms with van der Waals surface area (Å²) >= 11 is 0. The predicted molar refractivity (Wildman–Crippen MR) is 93.4 cm³/mol. The average molecular weight is 342 g/mol. The number of hydrogen-bond donors (Lipinski definition) is 1. The van der Waals surface area contributed by atoms with E-state index in [1.54, 1.807) is 19.4 Å². The number of amides is 1. The van der Waals surface area contributed by atoms with Gasteiger partial charge in [-0.2, -0.15) is 0 Å². The molecule has 4 rings (SSSR count). The Hall–Kier alpha value is -2.18. The summed E-state index contributed by atoms with van der Waals surface area (Å²) in [4.78, 5) is 24.5. The Bertz CT molecular complexity index is 847. The van der Waals surface area contributed by atoms with Crippen LogP contribution in [0.15, 0.2) is 41.3 Å². The zero-order valence-electron chi connectivity index (χ0n) is 14.2. The fraction of sp³-hybridized carbons (Fsp3) is 0.474. The molecule has 1 saturated carbocycles. The second-order valence-corrected chi connectivity index (χ2v) is 6.83. The molecule has 2 aliphatic rings. The highest BCUT2D eigenvalue weighted by Crippen LogP contribution is 2.43. The highest BCUT2D eigenvalue weighted by Gasteiger charge is 2.54. The lowest BCUT2D eigenvalue weighted by Gasteiger charge is -2.47. The van der Waals surface area contributed by atoms with Gasteiger partial charge in [0.1, 0.15) is 6.54 Å². The van der Waals surface area contributed by atoms with Gasteiger partial charge in [0.05, 0.1) is 18.2 Å². The van der Waals surface area contributed by atoms with Crippen LogP contribution >= 0.6 is 0 Å². The minimum atomic E-state index is -0.0507. The van der Waals surface area contributed by atoms with E-state index in [1.165, 1.54) is 6.07 Å². The fourth-order valence-corrected chi connectivity index (χ4v) is 4.22. The zero-order chi connectivity index (χ0) is 17.4. The Balaban J connectivity index is 1.49. The van der Waals surface area contributed by atoms with Gasteiger partial charge >= 0.3 is 0 Å². The summed E-state index contributed by atoms with van der Waals surface area (Å²) in [6.07, 6.45) is 2.87. The highest BCUT2D eigenvalue weighted by molar-refractivity contribution is 5.82. The number of aromatic nitrogens is 1. The molecule has 2 fully saturated rings. The number of fused-ring (bicyclic) bond motifs is 2. The first-order valence-corrected chi connectivity index (χ1v) is 8.67. The molecule has 1 N–H and O–H groups in total. The van der Waals surface area contributed by atoms with E-state index in [9.17, 15) is 9.59 Å². The quantitative estimate of drug-likeness (QED) is 0.885. The lowest BCUT2D eigenvalue weighted by atomic mass is 9.67. The Morgan fingerprint density at radius 1 is 1.36 bits per heavy atom. The third-order valence-corrected chi connectivity index (χ3v) is 5.41. The van der Waals surface area contributed by atoms with Crippen LogP contribution in [0, 0.1) is 11.8 Å². The summed E-state index contributed by atoms with van der Waals surface area (Å²) in [6, 6.07) is 8.96. The topological polar surface area (TPSA) is 69.6 Å². The summed E-state index contributed by atoms with van der Waals surface area (Å²) in [7, 11) is 1.67. The molecule has 1 aromatic heterocycles. The van der Waals surface area contributed by atoms with E-state index in [1.807, 2.05) is 22.8 Å². The molecule has 1 aliphatic carbocycles. The van der Waals surface area contributed by atoms with Crippen LogP contribution < -0.4 is 10.7 Å². The van der Waals surface area contributed by atoms with Crippen LogP contribution in [-0.4, -0.2) is 42.9 Å². The third-order valence-electron chi connectivity index (χ3n) is 5.41. The van der Waals surface area contributed by atoms with E-state index >= 15 is 0 Å². The summed E-state index contributed by atoms with van der Waals surface area (Å²) in [6.45, 7) is 1.54. The normalized spacial score (nSPS) is 27.7. The molecule has 4 atom stereocenters. The number of carbonyl (C=O) groups is 1. The van der Waals surface area contributed by atoms with Gasteiger partial charge in [0.2, 0.25) is 5.91 Å². The second-order valence-electron chi connectivity index (χ2n) is 6.83. The van der Waals surface area contributed by atoms with Crippen LogP contribution in [0.1, 0.15) is 6.42 Å². The summed E-state index contributed by atoms with van der Waals surface area (Å²) in [5, 5.41) is 3.78. The number of rotatable bonds is 5. The van der Waals surface area contributed by atoms with Gasteiger partial charge in [0, 0.05) is 49.2 Å². The monoisotopic (exact) mass is 342 g/mol. The van der Waals surface area contributed by atoms with Crippen molar-refractivity contribution in [2.75, 3.05) is 20.3 Å². The molecular weight excluding hydrogens is 320 g/mol. The van der Waals surface area contributed by atoms with Gasteiger partial charge in [-0.1, -0.05) is 12.1 Å². The minimum absolute atomic E-state index is 0.0302. The molecule has 1 aliphatic heterocycles. The van der Waals surface area contributed by atoms with Gasteiger partial charge in [-0.3, -0.25) is 9.59 Å². The molecule has 1 saturated heterocycles. The Kier molecular flexibility index (Phi) is 4.31. The SMILES string of the molecule is COC[C@H]1[C@@H](NC(=O)Cn2ccc(=O)c3ccccc32)[C@H]2CCO[C@H]21. The number of para-hydroxylation sites is 1. The van der Waals surface area contributed by atoms with Crippen molar-refractivity contribution in [3.63, 3.8) is 0 Å². The summed E-state index contributed by atoms with van der Waals surface area (Å²) < 4.78 is 12.8. The number of pyridine rings is 1. The van der Waals surface area contributed by atoms with Gasteiger partial charge in [-0.25, -0.2) is 0 Å². The fourth-order valence-electron chi connectivity index (χ4n) is 4.22. The number of hydrogen-bond acceptors (Lipinski definition) is 4. The second kappa shape index (κ2) is 6.61. The van der Waals surface area contributed by atoms with E-state index in [0.717, 1.165) is 18.5 Å². The van der Waals surface area contributed by atoms with E-state index in [0.29, 0.717) is 17.9 Å². The molecule has 25 heavy (non-hydrogen) atoms. The van der Waals surface area contributed by atoms with Crippen LogP contribution in [-0.2, 0) is 20.8 Å². The number of nitrogens with one attached hydrogen (secondary N) is 1. The lowest BCUT2D eigenvalue weighted by Crippen LogP contribution is -2.63. The van der Waals surface area contributed by atoms with Crippen LogP contribution in [0.2, 0.25) is 0 Å². The Labute approximate surface area is 145 Å². The molecule has 1 aromatic carbocycles. The van der Waals surface area contributed by atoms with Gasteiger partial charge in [0.25, 0.3) is 0 Å². The molecule has 0 spiro atoms. The first-order chi connectivity index (χ1) is 12.2. The van der Waals surface area contributed by atoms with Crippen molar-refractivity contribution in [1.29, 1.82) is 0 Å². The maximum Gasteiger partial charge on any atom is 0.240 e. The molecular formula is C19H22N2O4. The maximum atomic E-state index is 12.6. The van der Waals surface area contributed by atoms with Crippen molar-refractivity contribution in [3.8, 4) is 0 Å². The molecule has 2 heterocycles. The standard InChI is InChI=1S/C19H22N2O4/c1-24-11-14-18(13-7-9-25-19(13)14)20-17(23)10-21-8-6-16(22)12-4-2-3-5-15(12)21/h2-6,8,13-14,18-19H,7,9-11H2,1H3,(H,20,23)/t13-,14+,18+,19-/m1/s1. The molecule has 0 bridgehead atoms. The van der Waals surface area contributed by atoms with Crippen molar-refractivity contribution >= 4 is 16.8 Å². The smallest absolute Gasteiger partial charge is 0.240 e. The van der Waals surface area contributed by atoms with Crippen molar-refractivity contribution in [2.45, 2.75) is 25.1 Å². The molecule has 6 nitrogen and oxygen atoms in total. The molecule has 132 valence electrons. The number of carbonyl (C=O) groups excluding carboxylic acids is 1. The van der Waals surface area contributed by atoms with Crippen molar-refractivity contribution in [2.24, 2.45) is 11.8 Å². The zero-order valence-corrected chi connectivity index (χ0v) is 14.2. The molecule has 1 amide bonds. The predicted octanol–water partition coefficient (Wildman–Crippen LogP) is 1.17. The van der Waals surface area contributed by atoms with Crippen molar-refractivity contribution in [3.05, 3.63) is 46.8 Å². The summed E-state index contributed by atoms with van der Waals surface area (Å²) in [5.74, 6) is 0.548. The Morgan fingerprint density at radius 3 is 3.04 bits per heavy atom. The van der Waals surface area contributed by atoms with Crippen LogP contribution in [0.3, 0.4) is 0 Å². The molecule has 6 heteroatoms. The minimum Gasteiger partial charge on any atom is -0.384 e. The number of methoxy groups -OCH3 is 1. The largest absolute Gasteiger partial charge is 0.384 e. The van der Waals surface area contributed by atoms with Gasteiger partial charge in [-0.15, -0.1) is 0 Å². The first kappa shape index (κ1) is 16.3. The average Bonchev–Trinajstić information content (AvgIpc) is 3.05. The van der Waals surface area contributed by atoms with Crippen LogP contribution in [0.4, 0.5) is 0 Å². The van der Waals surface area contributed by atoms with Crippen LogP contribution in [0.25, 0.3) is 10.9 Å². The number of benzene rings is 1. The van der Waals surface area contributed by atoms with E-state index in [-0.39, 0.29) is 35.9 Å². The highest BCUT2D eigenvalue weighted by atomic mass is 16.5.